The van der Waals surface area contributed by atoms with Gasteiger partial charge in [0.05, 0.1) is 33.0 Å². The highest BCUT2D eigenvalue weighted by Crippen LogP contribution is 2.28. The molecule has 5 heteroatoms. The van der Waals surface area contributed by atoms with Crippen LogP contribution in [0.15, 0.2) is 91.0 Å². The van der Waals surface area contributed by atoms with Crippen LogP contribution in [0, 0.1) is 5.92 Å². The van der Waals surface area contributed by atoms with Gasteiger partial charge < -0.3 is 23.7 Å². The quantitative estimate of drug-likeness (QED) is 0.193. The van der Waals surface area contributed by atoms with Gasteiger partial charge in [-0.05, 0) is 29.0 Å². The van der Waals surface area contributed by atoms with E-state index in [1.807, 2.05) is 54.6 Å². The normalized spacial score (nSPS) is 22.0. The van der Waals surface area contributed by atoms with E-state index in [1.165, 1.54) is 12.8 Å². The fourth-order valence-corrected chi connectivity index (χ4v) is 4.85. The van der Waals surface area contributed by atoms with Gasteiger partial charge >= 0.3 is 0 Å². The topological polar surface area (TPSA) is 46.2 Å². The standard InChI is InChI=1S/C34H44O5/c1-3-5-15-27(4-2)22-38-34-33(37-25-30-20-13-8-14-21-30)32(36-24-29-18-11-7-12-19-29)31(26-39-34)35-23-28-16-9-6-10-17-28/h6-14,16-21,27,31-34H,3-5,15,22-26H2,1-2H3/t27?,31-,32?,33?,34-/m1/s1. The van der Waals surface area contributed by atoms with Crippen LogP contribution in [0.2, 0.25) is 0 Å². The molecule has 1 saturated heterocycles. The second kappa shape index (κ2) is 16.5. The van der Waals surface area contributed by atoms with Gasteiger partial charge in [-0.2, -0.15) is 0 Å². The van der Waals surface area contributed by atoms with Crippen molar-refractivity contribution >= 4 is 0 Å². The maximum Gasteiger partial charge on any atom is 0.186 e. The minimum atomic E-state index is -0.526. The third kappa shape index (κ3) is 9.55. The maximum atomic E-state index is 6.59. The molecule has 0 saturated carbocycles. The molecule has 0 aliphatic carbocycles. The number of hydrogen-bond acceptors (Lipinski definition) is 5. The minimum absolute atomic E-state index is 0.295. The molecule has 0 N–H and O–H groups in total. The molecule has 4 rings (SSSR count). The monoisotopic (exact) mass is 532 g/mol. The lowest BCUT2D eigenvalue weighted by Gasteiger charge is -2.42. The van der Waals surface area contributed by atoms with Crippen molar-refractivity contribution in [1.82, 2.24) is 0 Å². The van der Waals surface area contributed by atoms with Gasteiger partial charge in [0, 0.05) is 0 Å². The number of unbranched alkanes of at least 4 members (excludes halogenated alkanes) is 1. The van der Waals surface area contributed by atoms with E-state index in [-0.39, 0.29) is 12.2 Å². The van der Waals surface area contributed by atoms with Crippen molar-refractivity contribution in [1.29, 1.82) is 0 Å². The number of rotatable bonds is 16. The zero-order chi connectivity index (χ0) is 27.1. The van der Waals surface area contributed by atoms with Crippen molar-refractivity contribution in [2.24, 2.45) is 5.92 Å². The molecule has 0 aromatic heterocycles. The molecule has 1 heterocycles. The molecule has 1 aliphatic rings. The largest absolute Gasteiger partial charge is 0.368 e. The van der Waals surface area contributed by atoms with Crippen molar-refractivity contribution < 1.29 is 23.7 Å². The minimum Gasteiger partial charge on any atom is -0.368 e. The molecular formula is C34H44O5. The van der Waals surface area contributed by atoms with Gasteiger partial charge in [-0.1, -0.05) is 124 Å². The van der Waals surface area contributed by atoms with Crippen LogP contribution >= 0.6 is 0 Å². The summed E-state index contributed by atoms with van der Waals surface area (Å²) in [5.74, 6) is 0.499. The first kappa shape index (κ1) is 29.4. The van der Waals surface area contributed by atoms with Gasteiger partial charge in [0.25, 0.3) is 0 Å². The average molecular weight is 533 g/mol. The van der Waals surface area contributed by atoms with Crippen LogP contribution in [-0.4, -0.2) is 37.8 Å². The SMILES string of the molecule is CCCCC(CC)CO[C@@H]1OC[C@@H](OCc2ccccc2)C(OCc2ccccc2)C1OCc1ccccc1. The number of benzene rings is 3. The molecular weight excluding hydrogens is 488 g/mol. The van der Waals surface area contributed by atoms with Crippen LogP contribution in [0.1, 0.15) is 56.2 Å². The Balaban J connectivity index is 1.51. The summed E-state index contributed by atoms with van der Waals surface area (Å²) in [7, 11) is 0. The molecule has 3 aromatic carbocycles. The molecule has 0 amide bonds. The lowest BCUT2D eigenvalue weighted by Crippen LogP contribution is -2.57. The van der Waals surface area contributed by atoms with Crippen molar-refractivity contribution in [2.75, 3.05) is 13.2 Å². The van der Waals surface area contributed by atoms with Gasteiger partial charge in [-0.25, -0.2) is 0 Å². The summed E-state index contributed by atoms with van der Waals surface area (Å²) in [6.07, 6.45) is 3.03. The van der Waals surface area contributed by atoms with E-state index in [0.717, 1.165) is 29.5 Å². The molecule has 39 heavy (non-hydrogen) atoms. The first-order valence-corrected chi connectivity index (χ1v) is 14.5. The van der Waals surface area contributed by atoms with Gasteiger partial charge in [0.15, 0.2) is 6.29 Å². The zero-order valence-electron chi connectivity index (χ0n) is 23.5. The molecule has 1 aliphatic heterocycles. The molecule has 210 valence electrons. The van der Waals surface area contributed by atoms with Crippen LogP contribution in [0.3, 0.4) is 0 Å². The van der Waals surface area contributed by atoms with Gasteiger partial charge in [-0.3, -0.25) is 0 Å². The summed E-state index contributed by atoms with van der Waals surface area (Å²) in [5, 5.41) is 0. The van der Waals surface area contributed by atoms with E-state index in [9.17, 15) is 0 Å². The third-order valence-corrected chi connectivity index (χ3v) is 7.30. The smallest absolute Gasteiger partial charge is 0.186 e. The van der Waals surface area contributed by atoms with Crippen LogP contribution < -0.4 is 0 Å². The van der Waals surface area contributed by atoms with Crippen molar-refractivity contribution in [3.05, 3.63) is 108 Å². The Morgan fingerprint density at radius 3 is 1.69 bits per heavy atom. The Labute approximate surface area is 234 Å². The predicted molar refractivity (Wildman–Crippen MR) is 154 cm³/mol. The van der Waals surface area contributed by atoms with Crippen LogP contribution in [0.25, 0.3) is 0 Å². The van der Waals surface area contributed by atoms with E-state index in [4.69, 9.17) is 23.7 Å². The average Bonchev–Trinajstić information content (AvgIpc) is 3.00. The Kier molecular flexibility index (Phi) is 12.5. The lowest BCUT2D eigenvalue weighted by molar-refractivity contribution is -0.301. The van der Waals surface area contributed by atoms with Crippen LogP contribution in [0.5, 0.6) is 0 Å². The lowest BCUT2D eigenvalue weighted by atomic mass is 10.00. The summed E-state index contributed by atoms with van der Waals surface area (Å²) < 4.78 is 32.3. The zero-order valence-corrected chi connectivity index (χ0v) is 23.5. The van der Waals surface area contributed by atoms with E-state index < -0.39 is 12.4 Å². The summed E-state index contributed by atoms with van der Waals surface area (Å²) in [4.78, 5) is 0. The Hall–Kier alpha value is -2.54. The highest BCUT2D eigenvalue weighted by Gasteiger charge is 2.44. The molecule has 0 radical (unpaired) electrons. The molecule has 5 atom stereocenters. The van der Waals surface area contributed by atoms with E-state index in [2.05, 4.69) is 50.2 Å². The third-order valence-electron chi connectivity index (χ3n) is 7.30. The van der Waals surface area contributed by atoms with Crippen LogP contribution in [0.4, 0.5) is 0 Å². The Morgan fingerprint density at radius 2 is 1.18 bits per heavy atom. The first-order valence-electron chi connectivity index (χ1n) is 14.5. The molecule has 3 unspecified atom stereocenters. The Morgan fingerprint density at radius 1 is 0.667 bits per heavy atom. The van der Waals surface area contributed by atoms with Gasteiger partial charge in [-0.15, -0.1) is 0 Å². The fourth-order valence-electron chi connectivity index (χ4n) is 4.85. The summed E-state index contributed by atoms with van der Waals surface area (Å²) in [5.41, 5.74) is 3.32. The molecule has 0 bridgehead atoms. The number of ether oxygens (including phenoxy) is 5. The molecule has 5 nitrogen and oxygen atoms in total. The van der Waals surface area contributed by atoms with E-state index in [1.54, 1.807) is 0 Å². The maximum absolute atomic E-state index is 6.59. The van der Waals surface area contributed by atoms with E-state index in [0.29, 0.717) is 39.0 Å². The number of hydrogen-bond donors (Lipinski definition) is 0. The van der Waals surface area contributed by atoms with E-state index >= 15 is 0 Å². The van der Waals surface area contributed by atoms with Gasteiger partial charge in [0.2, 0.25) is 0 Å². The summed E-state index contributed by atoms with van der Waals surface area (Å²) >= 11 is 0. The highest BCUT2D eigenvalue weighted by molar-refractivity contribution is 5.15. The summed E-state index contributed by atoms with van der Waals surface area (Å²) in [6.45, 7) is 6.87. The molecule has 1 fully saturated rings. The first-order chi connectivity index (χ1) is 19.3. The second-order valence-corrected chi connectivity index (χ2v) is 10.3. The molecule has 0 spiro atoms. The Bertz CT molecular complexity index is 1030. The van der Waals surface area contributed by atoms with Gasteiger partial charge in [0.1, 0.15) is 18.3 Å². The van der Waals surface area contributed by atoms with Crippen molar-refractivity contribution in [3.8, 4) is 0 Å². The van der Waals surface area contributed by atoms with Crippen molar-refractivity contribution in [3.63, 3.8) is 0 Å². The fraction of sp³-hybridized carbons (Fsp3) is 0.471. The summed E-state index contributed by atoms with van der Waals surface area (Å²) in [6, 6.07) is 30.6. The second-order valence-electron chi connectivity index (χ2n) is 10.3. The predicted octanol–water partition coefficient (Wildman–Crippen LogP) is 7.33. The molecule has 3 aromatic rings. The highest BCUT2D eigenvalue weighted by atomic mass is 16.7. The van der Waals surface area contributed by atoms with Crippen LogP contribution in [-0.2, 0) is 43.5 Å². The van der Waals surface area contributed by atoms with Crippen molar-refractivity contribution in [2.45, 2.75) is 84.0 Å².